The van der Waals surface area contributed by atoms with E-state index < -0.39 is 0 Å². The van der Waals surface area contributed by atoms with Gasteiger partial charge >= 0.3 is 0 Å². The summed E-state index contributed by atoms with van der Waals surface area (Å²) in [4.78, 5) is 0. The van der Waals surface area contributed by atoms with Gasteiger partial charge in [-0.1, -0.05) is 30.7 Å². The molecule has 78 valence electrons. The monoisotopic (exact) mass is 221 g/mol. The van der Waals surface area contributed by atoms with Gasteiger partial charge in [0.15, 0.2) is 0 Å². The van der Waals surface area contributed by atoms with Crippen LogP contribution in [0.5, 0.6) is 0 Å². The molecule has 3 nitrogen and oxygen atoms in total. The third-order valence-electron chi connectivity index (χ3n) is 2.39. The fourth-order valence-electron chi connectivity index (χ4n) is 1.53. The summed E-state index contributed by atoms with van der Waals surface area (Å²) in [7, 11) is 0. The molecule has 0 fully saturated rings. The van der Waals surface area contributed by atoms with Crippen LogP contribution in [0.1, 0.15) is 18.4 Å². The first kappa shape index (κ1) is 10.2. The van der Waals surface area contributed by atoms with Crippen LogP contribution in [0.4, 0.5) is 0 Å². The standard InChI is InChI=1S/C11H12ClN3/c1-9(6-15-7-13-14-8-15)10-2-4-11(12)5-3-10/h2-5,7-9H,6H2,1H3. The van der Waals surface area contributed by atoms with Gasteiger partial charge in [-0.3, -0.25) is 0 Å². The van der Waals surface area contributed by atoms with E-state index in [1.54, 1.807) is 12.7 Å². The summed E-state index contributed by atoms with van der Waals surface area (Å²) in [5, 5.41) is 8.32. The molecule has 0 amide bonds. The Morgan fingerprint density at radius 1 is 1.20 bits per heavy atom. The average molecular weight is 222 g/mol. The van der Waals surface area contributed by atoms with Crippen molar-refractivity contribution < 1.29 is 0 Å². The highest BCUT2D eigenvalue weighted by molar-refractivity contribution is 6.30. The lowest BCUT2D eigenvalue weighted by molar-refractivity contribution is 0.595. The molecule has 2 rings (SSSR count). The molecule has 2 aromatic rings. The first-order chi connectivity index (χ1) is 7.25. The van der Waals surface area contributed by atoms with Crippen molar-refractivity contribution in [3.63, 3.8) is 0 Å². The third-order valence-corrected chi connectivity index (χ3v) is 2.64. The maximum Gasteiger partial charge on any atom is 0.119 e. The summed E-state index contributed by atoms with van der Waals surface area (Å²) < 4.78 is 1.97. The molecule has 0 N–H and O–H groups in total. The maximum atomic E-state index is 5.83. The fourth-order valence-corrected chi connectivity index (χ4v) is 1.66. The SMILES string of the molecule is CC(Cn1cnnc1)c1ccc(Cl)cc1. The van der Waals surface area contributed by atoms with Crippen LogP contribution in [0, 0.1) is 0 Å². The molecule has 0 saturated heterocycles. The summed E-state index contributed by atoms with van der Waals surface area (Å²) in [6, 6.07) is 7.94. The molecule has 0 aliphatic carbocycles. The van der Waals surface area contributed by atoms with Crippen LogP contribution in [-0.4, -0.2) is 14.8 Å². The van der Waals surface area contributed by atoms with Gasteiger partial charge in [0, 0.05) is 11.6 Å². The molecule has 4 heteroatoms. The summed E-state index contributed by atoms with van der Waals surface area (Å²) >= 11 is 5.83. The molecule has 0 aliphatic rings. The fraction of sp³-hybridized carbons (Fsp3) is 0.273. The minimum atomic E-state index is 0.429. The molecule has 1 unspecified atom stereocenters. The summed E-state index contributed by atoms with van der Waals surface area (Å²) in [5.41, 5.74) is 1.27. The van der Waals surface area contributed by atoms with Gasteiger partial charge in [-0.05, 0) is 23.6 Å². The number of halogens is 1. The number of hydrogen-bond donors (Lipinski definition) is 0. The molecule has 0 aliphatic heterocycles. The number of hydrogen-bond acceptors (Lipinski definition) is 2. The van der Waals surface area contributed by atoms with Crippen LogP contribution < -0.4 is 0 Å². The molecule has 1 heterocycles. The van der Waals surface area contributed by atoms with E-state index in [9.17, 15) is 0 Å². The first-order valence-corrected chi connectivity index (χ1v) is 5.21. The molecular weight excluding hydrogens is 210 g/mol. The lowest BCUT2D eigenvalue weighted by Crippen LogP contribution is -2.04. The first-order valence-electron chi connectivity index (χ1n) is 4.83. The lowest BCUT2D eigenvalue weighted by atomic mass is 10.0. The number of nitrogens with zero attached hydrogens (tertiary/aromatic N) is 3. The molecular formula is C11H12ClN3. The Morgan fingerprint density at radius 3 is 2.40 bits per heavy atom. The van der Waals surface area contributed by atoms with Crippen molar-refractivity contribution >= 4 is 11.6 Å². The summed E-state index contributed by atoms with van der Waals surface area (Å²) in [6.07, 6.45) is 3.46. The van der Waals surface area contributed by atoms with Crippen LogP contribution in [-0.2, 0) is 6.54 Å². The van der Waals surface area contributed by atoms with E-state index in [2.05, 4.69) is 29.3 Å². The van der Waals surface area contributed by atoms with Crippen molar-refractivity contribution in [2.45, 2.75) is 19.4 Å². The molecule has 0 spiro atoms. The van der Waals surface area contributed by atoms with Gasteiger partial charge in [0.05, 0.1) is 0 Å². The molecule has 15 heavy (non-hydrogen) atoms. The van der Waals surface area contributed by atoms with Gasteiger partial charge in [-0.15, -0.1) is 10.2 Å². The smallest absolute Gasteiger partial charge is 0.119 e. The van der Waals surface area contributed by atoms with E-state index in [1.807, 2.05) is 16.7 Å². The highest BCUT2D eigenvalue weighted by Gasteiger charge is 2.05. The number of benzene rings is 1. The van der Waals surface area contributed by atoms with E-state index in [0.29, 0.717) is 5.92 Å². The average Bonchev–Trinajstić information content (AvgIpc) is 2.71. The molecule has 1 aromatic heterocycles. The van der Waals surface area contributed by atoms with E-state index >= 15 is 0 Å². The minimum Gasteiger partial charge on any atom is -0.320 e. The number of aromatic nitrogens is 3. The van der Waals surface area contributed by atoms with E-state index in [0.717, 1.165) is 11.6 Å². The topological polar surface area (TPSA) is 30.7 Å². The van der Waals surface area contributed by atoms with Gasteiger partial charge in [0.2, 0.25) is 0 Å². The zero-order valence-electron chi connectivity index (χ0n) is 8.47. The van der Waals surface area contributed by atoms with Crippen LogP contribution in [0.15, 0.2) is 36.9 Å². The van der Waals surface area contributed by atoms with Gasteiger partial charge in [0.1, 0.15) is 12.7 Å². The largest absolute Gasteiger partial charge is 0.320 e. The van der Waals surface area contributed by atoms with Crippen molar-refractivity contribution in [1.82, 2.24) is 14.8 Å². The Balaban J connectivity index is 2.08. The Morgan fingerprint density at radius 2 is 1.80 bits per heavy atom. The normalized spacial score (nSPS) is 12.7. The molecule has 0 bridgehead atoms. The molecule has 0 radical (unpaired) electrons. The zero-order valence-corrected chi connectivity index (χ0v) is 9.22. The van der Waals surface area contributed by atoms with Crippen molar-refractivity contribution in [3.8, 4) is 0 Å². The minimum absolute atomic E-state index is 0.429. The zero-order chi connectivity index (χ0) is 10.7. The van der Waals surface area contributed by atoms with E-state index in [-0.39, 0.29) is 0 Å². The van der Waals surface area contributed by atoms with Gasteiger partial charge < -0.3 is 4.57 Å². The van der Waals surface area contributed by atoms with Gasteiger partial charge in [-0.2, -0.15) is 0 Å². The lowest BCUT2D eigenvalue weighted by Gasteiger charge is -2.11. The van der Waals surface area contributed by atoms with Crippen LogP contribution in [0.25, 0.3) is 0 Å². The van der Waals surface area contributed by atoms with Crippen molar-refractivity contribution in [2.24, 2.45) is 0 Å². The summed E-state index contributed by atoms with van der Waals surface area (Å²) in [6.45, 7) is 3.05. The van der Waals surface area contributed by atoms with Crippen LogP contribution in [0.3, 0.4) is 0 Å². The molecule has 1 atom stereocenters. The third kappa shape index (κ3) is 2.57. The summed E-state index contributed by atoms with van der Waals surface area (Å²) in [5.74, 6) is 0.429. The molecule has 0 saturated carbocycles. The van der Waals surface area contributed by atoms with Crippen molar-refractivity contribution in [3.05, 3.63) is 47.5 Å². The number of rotatable bonds is 3. The predicted molar refractivity (Wildman–Crippen MR) is 59.9 cm³/mol. The van der Waals surface area contributed by atoms with Crippen LogP contribution in [0.2, 0.25) is 5.02 Å². The Hall–Kier alpha value is -1.35. The van der Waals surface area contributed by atoms with Crippen LogP contribution >= 0.6 is 11.6 Å². The Labute approximate surface area is 93.7 Å². The highest BCUT2D eigenvalue weighted by atomic mass is 35.5. The van der Waals surface area contributed by atoms with Gasteiger partial charge in [-0.25, -0.2) is 0 Å². The highest BCUT2D eigenvalue weighted by Crippen LogP contribution is 2.19. The second-order valence-corrected chi connectivity index (χ2v) is 4.05. The van der Waals surface area contributed by atoms with Crippen molar-refractivity contribution in [2.75, 3.05) is 0 Å². The van der Waals surface area contributed by atoms with E-state index in [4.69, 9.17) is 11.6 Å². The Kier molecular flexibility index (Phi) is 3.02. The molecule has 1 aromatic carbocycles. The van der Waals surface area contributed by atoms with Gasteiger partial charge in [0.25, 0.3) is 0 Å². The Bertz CT molecular complexity index is 408. The second-order valence-electron chi connectivity index (χ2n) is 3.61. The van der Waals surface area contributed by atoms with Crippen molar-refractivity contribution in [1.29, 1.82) is 0 Å². The predicted octanol–water partition coefficient (Wildman–Crippen LogP) is 2.74. The maximum absolute atomic E-state index is 5.83. The quantitative estimate of drug-likeness (QED) is 0.798. The van der Waals surface area contributed by atoms with E-state index in [1.165, 1.54) is 5.56 Å². The second kappa shape index (κ2) is 4.45.